The normalized spacial score (nSPS) is 11.8. The van der Waals surface area contributed by atoms with Gasteiger partial charge < -0.3 is 29.3 Å². The number of rotatable bonds is 7. The molecule has 0 unspecified atom stereocenters. The third-order valence-corrected chi connectivity index (χ3v) is 7.88. The number of nitrogen functional groups attached to an aromatic ring is 1. The van der Waals surface area contributed by atoms with E-state index < -0.39 is 17.3 Å². The van der Waals surface area contributed by atoms with Crippen LogP contribution in [0.15, 0.2) is 58.1 Å². The molecule has 9 nitrogen and oxygen atoms in total. The Morgan fingerprint density at radius 1 is 1.25 bits per heavy atom. The van der Waals surface area contributed by atoms with Crippen LogP contribution in [0.4, 0.5) is 10.2 Å². The van der Waals surface area contributed by atoms with Gasteiger partial charge in [0.15, 0.2) is 0 Å². The van der Waals surface area contributed by atoms with Gasteiger partial charge in [-0.25, -0.2) is 9.18 Å². The Kier molecular flexibility index (Phi) is 6.40. The van der Waals surface area contributed by atoms with Gasteiger partial charge in [0.25, 0.3) is 5.56 Å². The minimum absolute atomic E-state index is 0.129. The second-order valence-electron chi connectivity index (χ2n) is 9.92. The van der Waals surface area contributed by atoms with Crippen LogP contribution >= 0.6 is 11.5 Å². The van der Waals surface area contributed by atoms with Gasteiger partial charge in [0, 0.05) is 30.2 Å². The first-order valence-corrected chi connectivity index (χ1v) is 13.4. The predicted octanol–water partition coefficient (Wildman–Crippen LogP) is 5.15. The lowest BCUT2D eigenvalue weighted by Crippen LogP contribution is -2.22. The zero-order valence-corrected chi connectivity index (χ0v) is 22.9. The monoisotopic (exact) mass is 559 g/mol. The molecule has 0 fully saturated rings. The van der Waals surface area contributed by atoms with Gasteiger partial charge in [-0.2, -0.15) is 4.37 Å². The van der Waals surface area contributed by atoms with E-state index >= 15 is 4.39 Å². The van der Waals surface area contributed by atoms with Crippen molar-refractivity contribution < 1.29 is 18.3 Å². The fraction of sp³-hybridized carbons (Fsp3) is 0.207. The maximum atomic E-state index is 15.4. The lowest BCUT2D eigenvalue weighted by molar-refractivity contribution is 0.0471. The van der Waals surface area contributed by atoms with Crippen LogP contribution in [-0.4, -0.2) is 52.0 Å². The maximum Gasteiger partial charge on any atom is 0.355 e. The van der Waals surface area contributed by atoms with Gasteiger partial charge in [-0.05, 0) is 80.1 Å². The SMILES string of the molecule is Cc1cc2snc(N)c2cc1Cn1c(C(=O)OCCN(C)C)c(-c2ccc[nH]c2=O)c2c3occc3c(F)cc21. The molecule has 204 valence electrons. The summed E-state index contributed by atoms with van der Waals surface area (Å²) in [5.74, 6) is -0.719. The lowest BCUT2D eigenvalue weighted by atomic mass is 10.0. The van der Waals surface area contributed by atoms with Crippen LogP contribution < -0.4 is 11.3 Å². The number of aryl methyl sites for hydroxylation is 1. The van der Waals surface area contributed by atoms with Gasteiger partial charge in [0.05, 0.1) is 32.8 Å². The number of nitrogens with one attached hydrogen (secondary N) is 1. The van der Waals surface area contributed by atoms with Gasteiger partial charge in [-0.15, -0.1) is 0 Å². The van der Waals surface area contributed by atoms with Crippen molar-refractivity contribution in [2.75, 3.05) is 33.0 Å². The molecule has 6 rings (SSSR count). The second kappa shape index (κ2) is 9.92. The van der Waals surface area contributed by atoms with Gasteiger partial charge in [0.2, 0.25) is 0 Å². The van der Waals surface area contributed by atoms with Gasteiger partial charge in [0.1, 0.15) is 29.5 Å². The summed E-state index contributed by atoms with van der Waals surface area (Å²) < 4.78 is 33.8. The van der Waals surface area contributed by atoms with Crippen molar-refractivity contribution in [2.45, 2.75) is 13.5 Å². The largest absolute Gasteiger partial charge is 0.463 e. The second-order valence-corrected chi connectivity index (χ2v) is 10.7. The number of carbonyl (C=O) groups excluding carboxylic acids is 1. The van der Waals surface area contributed by atoms with Crippen molar-refractivity contribution in [3.05, 3.63) is 81.9 Å². The molecular weight excluding hydrogens is 533 g/mol. The van der Waals surface area contributed by atoms with E-state index in [1.807, 2.05) is 38.1 Å². The van der Waals surface area contributed by atoms with Crippen LogP contribution in [0.3, 0.4) is 0 Å². The van der Waals surface area contributed by atoms with E-state index in [-0.39, 0.29) is 35.4 Å². The zero-order chi connectivity index (χ0) is 28.1. The van der Waals surface area contributed by atoms with Gasteiger partial charge in [-0.3, -0.25) is 4.79 Å². The number of halogens is 1. The number of nitrogens with two attached hydrogens (primary N) is 1. The number of H-pyrrole nitrogens is 1. The first-order chi connectivity index (χ1) is 19.2. The van der Waals surface area contributed by atoms with Crippen LogP contribution in [0, 0.1) is 12.7 Å². The predicted molar refractivity (Wildman–Crippen MR) is 154 cm³/mol. The van der Waals surface area contributed by atoms with Crippen molar-refractivity contribution in [2.24, 2.45) is 0 Å². The highest BCUT2D eigenvalue weighted by molar-refractivity contribution is 7.13. The van der Waals surface area contributed by atoms with Crippen LogP contribution in [0.1, 0.15) is 21.6 Å². The van der Waals surface area contributed by atoms with E-state index in [1.165, 1.54) is 36.1 Å². The number of carbonyl (C=O) groups is 1. The summed E-state index contributed by atoms with van der Waals surface area (Å²) in [6.45, 7) is 2.77. The molecule has 0 amide bonds. The minimum Gasteiger partial charge on any atom is -0.463 e. The highest BCUT2D eigenvalue weighted by Crippen LogP contribution is 2.41. The number of anilines is 1. The molecule has 0 bridgehead atoms. The molecule has 0 aliphatic heterocycles. The molecule has 4 heterocycles. The van der Waals surface area contributed by atoms with Crippen LogP contribution in [0.5, 0.6) is 0 Å². The summed E-state index contributed by atoms with van der Waals surface area (Å²) in [7, 11) is 3.75. The van der Waals surface area contributed by atoms with E-state index in [0.29, 0.717) is 28.8 Å². The van der Waals surface area contributed by atoms with Crippen LogP contribution in [0.25, 0.3) is 43.1 Å². The number of ether oxygens (including phenoxy) is 1. The standard InChI is InChI=1S/C29H26FN5O4S/c1-15-11-22-19(27(31)33-40-22)12-16(15)14-35-21-13-20(30)17-6-9-38-26(17)24(21)23(18-5-4-7-32-28(18)36)25(35)29(37)39-10-8-34(2)3/h4-7,9,11-13H,8,10,14H2,1-3H3,(H2,31,33)(H,32,36). The number of hydrogen-bond acceptors (Lipinski definition) is 8. The molecule has 0 saturated heterocycles. The molecule has 0 spiro atoms. The van der Waals surface area contributed by atoms with Crippen LogP contribution in [0.2, 0.25) is 0 Å². The fourth-order valence-corrected chi connectivity index (χ4v) is 5.83. The minimum atomic E-state index is -0.633. The highest BCUT2D eigenvalue weighted by atomic mass is 32.1. The number of furan rings is 1. The van der Waals surface area contributed by atoms with E-state index in [9.17, 15) is 9.59 Å². The maximum absolute atomic E-state index is 15.4. The van der Waals surface area contributed by atoms with Crippen LogP contribution in [-0.2, 0) is 11.3 Å². The first-order valence-electron chi connectivity index (χ1n) is 12.6. The molecular formula is C29H26FN5O4S. The van der Waals surface area contributed by atoms with E-state index in [1.54, 1.807) is 16.7 Å². The zero-order valence-electron chi connectivity index (χ0n) is 22.1. The number of esters is 1. The quantitative estimate of drug-likeness (QED) is 0.260. The van der Waals surface area contributed by atoms with Crippen molar-refractivity contribution in [3.8, 4) is 11.1 Å². The molecule has 4 aromatic heterocycles. The smallest absolute Gasteiger partial charge is 0.355 e. The number of nitrogens with zero attached hydrogens (tertiary/aromatic N) is 3. The summed E-state index contributed by atoms with van der Waals surface area (Å²) >= 11 is 1.31. The Hall–Kier alpha value is -4.48. The van der Waals surface area contributed by atoms with Crippen molar-refractivity contribution in [1.82, 2.24) is 18.8 Å². The van der Waals surface area contributed by atoms with E-state index in [4.69, 9.17) is 14.9 Å². The summed E-state index contributed by atoms with van der Waals surface area (Å²) in [5, 5.41) is 1.50. The molecule has 0 radical (unpaired) electrons. The molecule has 6 aromatic rings. The van der Waals surface area contributed by atoms with Crippen molar-refractivity contribution in [1.29, 1.82) is 0 Å². The number of hydrogen-bond donors (Lipinski definition) is 2. The average Bonchev–Trinajstić information content (AvgIpc) is 3.61. The number of likely N-dealkylation sites (N-methyl/N-ethyl adjacent to an activating group) is 1. The Morgan fingerprint density at radius 2 is 2.08 bits per heavy atom. The lowest BCUT2D eigenvalue weighted by Gasteiger charge is -2.15. The number of benzene rings is 2. The Bertz CT molecular complexity index is 1980. The number of fused-ring (bicyclic) bond motifs is 4. The molecule has 40 heavy (non-hydrogen) atoms. The van der Waals surface area contributed by atoms with E-state index in [0.717, 1.165) is 21.2 Å². The summed E-state index contributed by atoms with van der Waals surface area (Å²) in [4.78, 5) is 31.5. The van der Waals surface area contributed by atoms with Gasteiger partial charge >= 0.3 is 5.97 Å². The number of pyridine rings is 1. The summed E-state index contributed by atoms with van der Waals surface area (Å²) in [5.41, 5.74) is 8.85. The Labute approximate surface area is 231 Å². The third kappa shape index (κ3) is 4.23. The third-order valence-electron chi connectivity index (χ3n) is 7.05. The number of aromatic nitrogens is 3. The number of aromatic amines is 1. The van der Waals surface area contributed by atoms with Gasteiger partial charge in [-0.1, -0.05) is 0 Å². The molecule has 3 N–H and O–H groups in total. The Balaban J connectivity index is 1.68. The van der Waals surface area contributed by atoms with Crippen molar-refractivity contribution in [3.63, 3.8) is 0 Å². The topological polar surface area (TPSA) is 119 Å². The molecule has 0 aliphatic carbocycles. The molecule has 0 atom stereocenters. The Morgan fingerprint density at radius 3 is 2.85 bits per heavy atom. The molecule has 2 aromatic carbocycles. The fourth-order valence-electron chi connectivity index (χ4n) is 5.04. The molecule has 11 heteroatoms. The molecule has 0 aliphatic rings. The first kappa shape index (κ1) is 25.8. The molecule has 0 saturated carbocycles. The summed E-state index contributed by atoms with van der Waals surface area (Å²) in [6, 6.07) is 10.1. The highest BCUT2D eigenvalue weighted by Gasteiger charge is 2.30. The average molecular weight is 560 g/mol. The summed E-state index contributed by atoms with van der Waals surface area (Å²) in [6.07, 6.45) is 2.91. The van der Waals surface area contributed by atoms with E-state index in [2.05, 4.69) is 9.36 Å². The van der Waals surface area contributed by atoms with Crippen molar-refractivity contribution >= 4 is 55.3 Å².